The Kier molecular flexibility index (Phi) is 8.48. The van der Waals surface area contributed by atoms with Gasteiger partial charge in [-0.15, -0.1) is 0 Å². The molecule has 0 saturated heterocycles. The Morgan fingerprint density at radius 1 is 0.895 bits per heavy atom. The van der Waals surface area contributed by atoms with Crippen LogP contribution in [0, 0.1) is 5.92 Å². The quantitative estimate of drug-likeness (QED) is 0.288. The molecule has 2 atom stereocenters. The molecule has 3 aromatic carbocycles. The van der Waals surface area contributed by atoms with Gasteiger partial charge in [-0.2, -0.15) is 8.42 Å². The van der Waals surface area contributed by atoms with Crippen LogP contribution in [0.4, 0.5) is 0 Å². The molecule has 0 bridgehead atoms. The maximum Gasteiger partial charge on any atom is 0.313 e. The maximum absolute atomic E-state index is 13.6. The molecule has 0 saturated carbocycles. The summed E-state index contributed by atoms with van der Waals surface area (Å²) in [6, 6.07) is 22.2. The first-order valence-electron chi connectivity index (χ1n) is 12.4. The first-order valence-corrected chi connectivity index (χ1v) is 14.2. The molecule has 0 amide bonds. The van der Waals surface area contributed by atoms with Crippen LogP contribution in [0.25, 0.3) is 11.1 Å². The Bertz CT molecular complexity index is 1360. The molecule has 0 aromatic heterocycles. The van der Waals surface area contributed by atoms with Crippen LogP contribution in [0.15, 0.2) is 72.8 Å². The van der Waals surface area contributed by atoms with Crippen molar-refractivity contribution in [2.24, 2.45) is 11.7 Å². The minimum Gasteiger partial charge on any atom is -0.466 e. The van der Waals surface area contributed by atoms with E-state index < -0.39 is 33.9 Å². The molecule has 0 aliphatic heterocycles. The van der Waals surface area contributed by atoms with Gasteiger partial charge in [0.1, 0.15) is 12.4 Å². The summed E-state index contributed by atoms with van der Waals surface area (Å²) in [6.07, 6.45) is 0.880. The van der Waals surface area contributed by atoms with Crippen molar-refractivity contribution in [2.75, 3.05) is 26.0 Å². The Morgan fingerprint density at radius 3 is 2.00 bits per heavy atom. The van der Waals surface area contributed by atoms with E-state index in [1.54, 1.807) is 19.1 Å². The van der Waals surface area contributed by atoms with E-state index in [4.69, 9.17) is 19.4 Å². The molecule has 4 rings (SSSR count). The fourth-order valence-electron chi connectivity index (χ4n) is 4.97. The van der Waals surface area contributed by atoms with Crippen LogP contribution < -0.4 is 9.92 Å². The average molecular weight is 538 g/mol. The molecule has 9 heteroatoms. The van der Waals surface area contributed by atoms with Crippen molar-refractivity contribution in [3.8, 4) is 16.9 Å². The van der Waals surface area contributed by atoms with Gasteiger partial charge in [0, 0.05) is 5.92 Å². The molecule has 3 aromatic rings. The lowest BCUT2D eigenvalue weighted by Gasteiger charge is -2.25. The lowest BCUT2D eigenvalue weighted by Crippen LogP contribution is -2.32. The van der Waals surface area contributed by atoms with Gasteiger partial charge in [0.25, 0.3) is 0 Å². The molecule has 0 radical (unpaired) electrons. The molecule has 0 fully saturated rings. The third-order valence-electron chi connectivity index (χ3n) is 6.60. The second kappa shape index (κ2) is 11.8. The molecule has 1 aliphatic rings. The summed E-state index contributed by atoms with van der Waals surface area (Å²) >= 11 is 0. The Morgan fingerprint density at radius 2 is 1.47 bits per heavy atom. The summed E-state index contributed by atoms with van der Waals surface area (Å²) in [5.74, 6) is -2.47. The van der Waals surface area contributed by atoms with Gasteiger partial charge in [0.05, 0.1) is 25.2 Å². The zero-order chi connectivity index (χ0) is 27.3. The highest BCUT2D eigenvalue weighted by Crippen LogP contribution is 2.44. The topological polar surface area (TPSA) is 122 Å². The van der Waals surface area contributed by atoms with E-state index in [9.17, 15) is 18.0 Å². The lowest BCUT2D eigenvalue weighted by atomic mass is 9.83. The minimum absolute atomic E-state index is 0.0370. The van der Waals surface area contributed by atoms with Gasteiger partial charge in [-0.25, -0.2) is 0 Å². The first-order chi connectivity index (χ1) is 18.2. The molecule has 2 N–H and O–H groups in total. The number of esters is 2. The second-order valence-electron chi connectivity index (χ2n) is 9.20. The summed E-state index contributed by atoms with van der Waals surface area (Å²) in [5.41, 5.74) is 11.0. The standard InChI is InChI=1S/C29H31NO7S/c1-3-35-27(31)16-20(17-30)28(19-12-14-21(15-13-19)37-38(2,33)34)29(32)36-18-26-24-10-6-4-8-22(24)23-9-5-7-11-25(23)26/h4-15,20,26,28H,3,16-18,30H2,1-2H3. The van der Waals surface area contributed by atoms with Crippen LogP contribution in [-0.4, -0.2) is 46.4 Å². The molecular weight excluding hydrogens is 506 g/mol. The van der Waals surface area contributed by atoms with Gasteiger partial charge in [-0.1, -0.05) is 60.7 Å². The fraction of sp³-hybridized carbons (Fsp3) is 0.310. The summed E-state index contributed by atoms with van der Waals surface area (Å²) < 4.78 is 38.9. The van der Waals surface area contributed by atoms with Gasteiger partial charge in [0.2, 0.25) is 0 Å². The second-order valence-corrected chi connectivity index (χ2v) is 10.8. The van der Waals surface area contributed by atoms with Crippen molar-refractivity contribution < 1.29 is 31.7 Å². The van der Waals surface area contributed by atoms with Crippen LogP contribution in [-0.2, 0) is 29.2 Å². The van der Waals surface area contributed by atoms with Crippen molar-refractivity contribution in [3.63, 3.8) is 0 Å². The van der Waals surface area contributed by atoms with Crippen LogP contribution in [0.1, 0.15) is 41.9 Å². The van der Waals surface area contributed by atoms with E-state index in [1.165, 1.54) is 12.1 Å². The van der Waals surface area contributed by atoms with Crippen LogP contribution in [0.3, 0.4) is 0 Å². The third-order valence-corrected chi connectivity index (χ3v) is 7.10. The van der Waals surface area contributed by atoms with Crippen molar-refractivity contribution in [3.05, 3.63) is 89.5 Å². The molecule has 1 aliphatic carbocycles. The van der Waals surface area contributed by atoms with E-state index in [0.717, 1.165) is 28.5 Å². The highest BCUT2D eigenvalue weighted by Gasteiger charge is 2.35. The SMILES string of the molecule is CCOC(=O)CC(CN)C(C(=O)OCC1c2ccccc2-c2ccccc21)c1ccc(OS(C)(=O)=O)cc1. The Hall–Kier alpha value is -3.69. The van der Waals surface area contributed by atoms with Gasteiger partial charge < -0.3 is 19.4 Å². The molecule has 8 nitrogen and oxygen atoms in total. The molecule has 0 spiro atoms. The number of nitrogens with two attached hydrogens (primary N) is 1. The summed E-state index contributed by atoms with van der Waals surface area (Å²) in [7, 11) is -3.71. The van der Waals surface area contributed by atoms with Crippen molar-refractivity contribution >= 4 is 22.1 Å². The van der Waals surface area contributed by atoms with Gasteiger partial charge in [-0.3, -0.25) is 9.59 Å². The summed E-state index contributed by atoms with van der Waals surface area (Å²) in [5, 5.41) is 0. The minimum atomic E-state index is -3.71. The average Bonchev–Trinajstić information content (AvgIpc) is 3.21. The Balaban J connectivity index is 1.60. The number of hydrogen-bond acceptors (Lipinski definition) is 8. The van der Waals surface area contributed by atoms with Gasteiger partial charge in [-0.05, 0) is 59.3 Å². The molecule has 200 valence electrons. The fourth-order valence-corrected chi connectivity index (χ4v) is 5.43. The predicted octanol–water partition coefficient (Wildman–Crippen LogP) is 3.99. The number of benzene rings is 3. The van der Waals surface area contributed by atoms with Crippen molar-refractivity contribution in [2.45, 2.75) is 25.2 Å². The highest BCUT2D eigenvalue weighted by atomic mass is 32.2. The van der Waals surface area contributed by atoms with E-state index in [-0.39, 0.29) is 37.8 Å². The predicted molar refractivity (Wildman–Crippen MR) is 143 cm³/mol. The summed E-state index contributed by atoms with van der Waals surface area (Å²) in [4.78, 5) is 25.9. The number of ether oxygens (including phenoxy) is 2. The maximum atomic E-state index is 13.6. The van der Waals surface area contributed by atoms with Crippen molar-refractivity contribution in [1.29, 1.82) is 0 Å². The first kappa shape index (κ1) is 27.3. The van der Waals surface area contributed by atoms with E-state index in [2.05, 4.69) is 12.1 Å². The molecular formula is C29H31NO7S. The van der Waals surface area contributed by atoms with Crippen LogP contribution >= 0.6 is 0 Å². The van der Waals surface area contributed by atoms with Crippen LogP contribution in [0.2, 0.25) is 0 Å². The van der Waals surface area contributed by atoms with Crippen LogP contribution in [0.5, 0.6) is 5.75 Å². The molecule has 0 heterocycles. The highest BCUT2D eigenvalue weighted by molar-refractivity contribution is 7.86. The summed E-state index contributed by atoms with van der Waals surface area (Å²) in [6.45, 7) is 2.08. The molecule has 38 heavy (non-hydrogen) atoms. The monoisotopic (exact) mass is 537 g/mol. The number of carbonyl (C=O) groups excluding carboxylic acids is 2. The Labute approximate surface area is 222 Å². The normalized spacial score (nSPS) is 14.2. The number of hydrogen-bond donors (Lipinski definition) is 1. The zero-order valence-corrected chi connectivity index (χ0v) is 22.1. The number of rotatable bonds is 11. The van der Waals surface area contributed by atoms with Gasteiger partial charge in [0.15, 0.2) is 0 Å². The number of fused-ring (bicyclic) bond motifs is 3. The van der Waals surface area contributed by atoms with Crippen molar-refractivity contribution in [1.82, 2.24) is 0 Å². The lowest BCUT2D eigenvalue weighted by molar-refractivity contribution is -0.149. The third kappa shape index (κ3) is 6.23. The molecule has 2 unspecified atom stereocenters. The van der Waals surface area contributed by atoms with E-state index in [0.29, 0.717) is 5.56 Å². The van der Waals surface area contributed by atoms with E-state index in [1.807, 2.05) is 36.4 Å². The largest absolute Gasteiger partial charge is 0.466 e. The van der Waals surface area contributed by atoms with Gasteiger partial charge >= 0.3 is 22.1 Å². The number of carbonyl (C=O) groups is 2. The van der Waals surface area contributed by atoms with E-state index >= 15 is 0 Å². The smallest absolute Gasteiger partial charge is 0.313 e. The zero-order valence-electron chi connectivity index (χ0n) is 21.3.